The molecule has 4 nitrogen and oxygen atoms in total. The van der Waals surface area contributed by atoms with Gasteiger partial charge in [0, 0.05) is 18.6 Å². The molecule has 0 amide bonds. The van der Waals surface area contributed by atoms with E-state index in [2.05, 4.69) is 30.0 Å². The summed E-state index contributed by atoms with van der Waals surface area (Å²) in [6.07, 6.45) is 1.44. The third-order valence-corrected chi connectivity index (χ3v) is 4.81. The first-order valence-electron chi connectivity index (χ1n) is 10.3. The Morgan fingerprint density at radius 2 is 1.81 bits per heavy atom. The van der Waals surface area contributed by atoms with E-state index in [9.17, 15) is 9.90 Å². The molecule has 0 radical (unpaired) electrons. The van der Waals surface area contributed by atoms with Gasteiger partial charge in [-0.3, -0.25) is 0 Å². The number of hydrogen-bond donors (Lipinski definition) is 1. The Bertz CT molecular complexity index is 1110. The lowest BCUT2D eigenvalue weighted by Crippen LogP contribution is -2.26. The van der Waals surface area contributed by atoms with Gasteiger partial charge < -0.3 is 14.6 Å². The average Bonchev–Trinajstić information content (AvgIpc) is 2.78. The standard InChI is InChI=1S/C27H26O4/c1-3-30-26(27(28)29)19-21-12-15-24(16-13-21)31-18-17-20(2)11-14-23-9-6-8-22-7-4-5-10-25(22)23/h4-10,12-13,15-17,26H,3,18-19H2,1-2H3,(H,28,29)/b20-17-/t26-/m0/s1. The van der Waals surface area contributed by atoms with Crippen LogP contribution in [0.1, 0.15) is 25.0 Å². The summed E-state index contributed by atoms with van der Waals surface area (Å²) in [7, 11) is 0. The predicted molar refractivity (Wildman–Crippen MR) is 123 cm³/mol. The molecule has 3 aromatic rings. The zero-order valence-electron chi connectivity index (χ0n) is 17.8. The van der Waals surface area contributed by atoms with Crippen molar-refractivity contribution in [1.29, 1.82) is 0 Å². The Morgan fingerprint density at radius 3 is 2.55 bits per heavy atom. The zero-order valence-corrected chi connectivity index (χ0v) is 17.8. The maximum atomic E-state index is 11.2. The fraction of sp³-hybridized carbons (Fsp3) is 0.222. The molecule has 3 rings (SSSR count). The van der Waals surface area contributed by atoms with E-state index in [1.54, 1.807) is 6.92 Å². The molecular formula is C27H26O4. The number of carbonyl (C=O) groups is 1. The van der Waals surface area contributed by atoms with E-state index in [0.717, 1.165) is 27.8 Å². The Kier molecular flexibility index (Phi) is 7.86. The van der Waals surface area contributed by atoms with Crippen LogP contribution >= 0.6 is 0 Å². The summed E-state index contributed by atoms with van der Waals surface area (Å²) in [6, 6.07) is 21.7. The zero-order chi connectivity index (χ0) is 22.1. The van der Waals surface area contributed by atoms with E-state index in [4.69, 9.17) is 9.47 Å². The second-order valence-corrected chi connectivity index (χ2v) is 7.11. The van der Waals surface area contributed by atoms with Crippen LogP contribution in [0.15, 0.2) is 78.4 Å². The summed E-state index contributed by atoms with van der Waals surface area (Å²) < 4.78 is 11.0. The molecule has 1 atom stereocenters. The number of carboxylic acids is 1. The van der Waals surface area contributed by atoms with Gasteiger partial charge in [0.05, 0.1) is 0 Å². The third kappa shape index (κ3) is 6.47. The maximum Gasteiger partial charge on any atom is 0.333 e. The molecule has 0 aliphatic rings. The van der Waals surface area contributed by atoms with Crippen LogP contribution in [0.25, 0.3) is 10.8 Å². The van der Waals surface area contributed by atoms with Crippen LogP contribution in [0.5, 0.6) is 5.75 Å². The highest BCUT2D eigenvalue weighted by Crippen LogP contribution is 2.18. The summed E-state index contributed by atoms with van der Waals surface area (Å²) >= 11 is 0. The molecule has 0 aromatic heterocycles. The summed E-state index contributed by atoms with van der Waals surface area (Å²) in [5.74, 6) is 6.21. The molecule has 0 heterocycles. The fourth-order valence-electron chi connectivity index (χ4n) is 3.17. The van der Waals surface area contributed by atoms with E-state index < -0.39 is 12.1 Å². The lowest BCUT2D eigenvalue weighted by Gasteiger charge is -2.12. The second kappa shape index (κ2) is 11.0. The van der Waals surface area contributed by atoms with E-state index in [1.807, 2.05) is 61.5 Å². The normalized spacial score (nSPS) is 12.1. The lowest BCUT2D eigenvalue weighted by molar-refractivity contribution is -0.149. The summed E-state index contributed by atoms with van der Waals surface area (Å²) in [5, 5.41) is 11.5. The van der Waals surface area contributed by atoms with Crippen LogP contribution in [0, 0.1) is 11.8 Å². The predicted octanol–water partition coefficient (Wildman–Crippen LogP) is 5.25. The molecule has 0 aliphatic heterocycles. The largest absolute Gasteiger partial charge is 0.490 e. The molecule has 0 unspecified atom stereocenters. The number of ether oxygens (including phenoxy) is 2. The van der Waals surface area contributed by atoms with Gasteiger partial charge >= 0.3 is 5.97 Å². The van der Waals surface area contributed by atoms with Gasteiger partial charge in [-0.1, -0.05) is 60.4 Å². The Balaban J connectivity index is 1.57. The van der Waals surface area contributed by atoms with Gasteiger partial charge in [0.2, 0.25) is 0 Å². The van der Waals surface area contributed by atoms with Gasteiger partial charge in [-0.05, 0) is 60.0 Å². The van der Waals surface area contributed by atoms with Gasteiger partial charge in [0.15, 0.2) is 6.10 Å². The third-order valence-electron chi connectivity index (χ3n) is 4.81. The molecule has 31 heavy (non-hydrogen) atoms. The van der Waals surface area contributed by atoms with Crippen LogP contribution in [0.4, 0.5) is 0 Å². The van der Waals surface area contributed by atoms with Crippen molar-refractivity contribution in [3.8, 4) is 17.6 Å². The Labute approximate surface area is 183 Å². The van der Waals surface area contributed by atoms with Crippen LogP contribution in [-0.2, 0) is 16.0 Å². The first-order valence-corrected chi connectivity index (χ1v) is 10.3. The Hall–Kier alpha value is -3.55. The van der Waals surface area contributed by atoms with Gasteiger partial charge in [0.25, 0.3) is 0 Å². The number of fused-ring (bicyclic) bond motifs is 1. The van der Waals surface area contributed by atoms with E-state index in [-0.39, 0.29) is 0 Å². The van der Waals surface area contributed by atoms with Crippen molar-refractivity contribution in [2.75, 3.05) is 13.2 Å². The molecule has 158 valence electrons. The van der Waals surface area contributed by atoms with Crippen molar-refractivity contribution < 1.29 is 19.4 Å². The van der Waals surface area contributed by atoms with Crippen molar-refractivity contribution in [3.05, 3.63) is 89.5 Å². The molecule has 0 fully saturated rings. The summed E-state index contributed by atoms with van der Waals surface area (Å²) in [4.78, 5) is 11.2. The highest BCUT2D eigenvalue weighted by Gasteiger charge is 2.17. The lowest BCUT2D eigenvalue weighted by atomic mass is 10.0. The minimum absolute atomic E-state index is 0.326. The monoisotopic (exact) mass is 414 g/mol. The van der Waals surface area contributed by atoms with Gasteiger partial charge in [-0.15, -0.1) is 0 Å². The van der Waals surface area contributed by atoms with E-state index in [0.29, 0.717) is 19.6 Å². The molecule has 0 spiro atoms. The van der Waals surface area contributed by atoms with Crippen LogP contribution in [0.2, 0.25) is 0 Å². The minimum Gasteiger partial charge on any atom is -0.490 e. The second-order valence-electron chi connectivity index (χ2n) is 7.11. The van der Waals surface area contributed by atoms with Crippen molar-refractivity contribution in [1.82, 2.24) is 0 Å². The van der Waals surface area contributed by atoms with E-state index in [1.165, 1.54) is 5.39 Å². The van der Waals surface area contributed by atoms with Crippen LogP contribution in [0.3, 0.4) is 0 Å². The van der Waals surface area contributed by atoms with Gasteiger partial charge in [-0.2, -0.15) is 0 Å². The highest BCUT2D eigenvalue weighted by atomic mass is 16.5. The fourth-order valence-corrected chi connectivity index (χ4v) is 3.17. The SMILES string of the molecule is CCO[C@@H](Cc1ccc(OC/C=C(/C)C#Cc2cccc3ccccc23)cc1)C(=O)O. The molecule has 0 bridgehead atoms. The van der Waals surface area contributed by atoms with Gasteiger partial charge in [-0.25, -0.2) is 4.79 Å². The minimum atomic E-state index is -0.951. The van der Waals surface area contributed by atoms with Gasteiger partial charge in [0.1, 0.15) is 12.4 Å². The topological polar surface area (TPSA) is 55.8 Å². The molecule has 0 saturated heterocycles. The smallest absolute Gasteiger partial charge is 0.333 e. The van der Waals surface area contributed by atoms with Crippen molar-refractivity contribution in [2.24, 2.45) is 0 Å². The summed E-state index contributed by atoms with van der Waals surface area (Å²) in [6.45, 7) is 4.53. The number of benzene rings is 3. The van der Waals surface area contributed by atoms with Crippen molar-refractivity contribution >= 4 is 16.7 Å². The highest BCUT2D eigenvalue weighted by molar-refractivity contribution is 5.88. The number of hydrogen-bond acceptors (Lipinski definition) is 3. The first kappa shape index (κ1) is 22.1. The average molecular weight is 415 g/mol. The van der Waals surface area contributed by atoms with Crippen molar-refractivity contribution in [3.63, 3.8) is 0 Å². The number of aliphatic carboxylic acids is 1. The molecule has 3 aromatic carbocycles. The molecule has 4 heteroatoms. The first-order chi connectivity index (χ1) is 15.1. The maximum absolute atomic E-state index is 11.2. The van der Waals surface area contributed by atoms with Crippen molar-refractivity contribution in [2.45, 2.75) is 26.4 Å². The molecule has 0 saturated carbocycles. The van der Waals surface area contributed by atoms with E-state index >= 15 is 0 Å². The number of allylic oxidation sites excluding steroid dienone is 1. The molecule has 1 N–H and O–H groups in total. The van der Waals surface area contributed by atoms with Crippen LogP contribution < -0.4 is 4.74 Å². The molecular weight excluding hydrogens is 388 g/mol. The Morgan fingerprint density at radius 1 is 1.06 bits per heavy atom. The number of rotatable bonds is 8. The summed E-state index contributed by atoms with van der Waals surface area (Å²) in [5.41, 5.74) is 2.83. The number of carboxylic acid groups (broad SMARTS) is 1. The molecule has 0 aliphatic carbocycles. The van der Waals surface area contributed by atoms with Crippen LogP contribution in [-0.4, -0.2) is 30.4 Å². The quantitative estimate of drug-likeness (QED) is 0.512.